The molecule has 1 atom stereocenters. The van der Waals surface area contributed by atoms with Crippen molar-refractivity contribution < 1.29 is 13.9 Å². The summed E-state index contributed by atoms with van der Waals surface area (Å²) in [6, 6.07) is 16.5. The van der Waals surface area contributed by atoms with Crippen molar-refractivity contribution in [2.75, 3.05) is 17.7 Å². The van der Waals surface area contributed by atoms with Crippen LogP contribution in [-0.4, -0.2) is 27.8 Å². The molecule has 0 saturated carbocycles. The second kappa shape index (κ2) is 8.51. The molecule has 3 heterocycles. The molecule has 0 saturated heterocycles. The van der Waals surface area contributed by atoms with Crippen LogP contribution in [0.1, 0.15) is 18.5 Å². The number of aromatic nitrogens is 3. The molecular weight excluding hydrogens is 441 g/mol. The van der Waals surface area contributed by atoms with Crippen LogP contribution in [0.5, 0.6) is 5.75 Å². The number of carbonyl (C=O) groups excluding carboxylic acids is 1. The Morgan fingerprint density at radius 2 is 1.94 bits per heavy atom. The molecule has 0 unspecified atom stereocenters. The van der Waals surface area contributed by atoms with Gasteiger partial charge in [-0.05, 0) is 48.2 Å². The molecule has 1 aliphatic heterocycles. The quantitative estimate of drug-likeness (QED) is 0.433. The zero-order valence-corrected chi connectivity index (χ0v) is 18.7. The Morgan fingerprint density at radius 1 is 1.15 bits per heavy atom. The molecule has 2 aromatic heterocycles. The lowest BCUT2D eigenvalue weighted by Gasteiger charge is -2.28. The van der Waals surface area contributed by atoms with Gasteiger partial charge in [0.15, 0.2) is 5.82 Å². The van der Waals surface area contributed by atoms with Crippen LogP contribution in [0, 0.1) is 5.82 Å². The lowest BCUT2D eigenvalue weighted by Crippen LogP contribution is -2.31. The topological polar surface area (TPSA) is 81.1 Å². The van der Waals surface area contributed by atoms with Gasteiger partial charge in [-0.15, -0.1) is 16.4 Å². The van der Waals surface area contributed by atoms with Gasteiger partial charge >= 0.3 is 0 Å². The van der Waals surface area contributed by atoms with Gasteiger partial charge in [0.2, 0.25) is 5.95 Å². The van der Waals surface area contributed by atoms with Crippen molar-refractivity contribution in [3.8, 4) is 16.5 Å². The smallest absolute Gasteiger partial charge is 0.255 e. The van der Waals surface area contributed by atoms with Crippen LogP contribution in [0.15, 0.2) is 77.3 Å². The summed E-state index contributed by atoms with van der Waals surface area (Å²) in [4.78, 5) is 19.1. The number of methoxy groups -OCH3 is 1. The van der Waals surface area contributed by atoms with Crippen LogP contribution in [-0.2, 0) is 4.79 Å². The van der Waals surface area contributed by atoms with Crippen LogP contribution >= 0.6 is 11.3 Å². The largest absolute Gasteiger partial charge is 0.495 e. The third kappa shape index (κ3) is 3.87. The summed E-state index contributed by atoms with van der Waals surface area (Å²) in [5.41, 5.74) is 2.34. The molecule has 0 fully saturated rings. The third-order valence-electron chi connectivity index (χ3n) is 5.38. The fraction of sp³-hybridized carbons (Fsp3) is 0.125. The molecule has 2 N–H and O–H groups in total. The van der Waals surface area contributed by atoms with Gasteiger partial charge in [-0.1, -0.05) is 30.3 Å². The highest BCUT2D eigenvalue weighted by atomic mass is 32.1. The Morgan fingerprint density at radius 3 is 2.67 bits per heavy atom. The SMILES string of the molecule is COc1ccccc1NC(=O)C1=C(C)Nc2nc(-c3cccs3)nn2[C@@H]1c1ccc(F)cc1. The predicted molar refractivity (Wildman–Crippen MR) is 126 cm³/mol. The van der Waals surface area contributed by atoms with Gasteiger partial charge in [-0.2, -0.15) is 4.98 Å². The van der Waals surface area contributed by atoms with E-state index in [1.165, 1.54) is 23.5 Å². The van der Waals surface area contributed by atoms with Crippen LogP contribution in [0.2, 0.25) is 0 Å². The first kappa shape index (κ1) is 20.9. The van der Waals surface area contributed by atoms with Crippen molar-refractivity contribution in [3.05, 3.63) is 88.7 Å². The van der Waals surface area contributed by atoms with Gasteiger partial charge in [0.25, 0.3) is 5.91 Å². The Bertz CT molecular complexity index is 1350. The van der Waals surface area contributed by atoms with Gasteiger partial charge < -0.3 is 15.4 Å². The van der Waals surface area contributed by atoms with Gasteiger partial charge in [-0.3, -0.25) is 4.79 Å². The van der Waals surface area contributed by atoms with Crippen molar-refractivity contribution in [2.24, 2.45) is 0 Å². The number of allylic oxidation sites excluding steroid dienone is 1. The summed E-state index contributed by atoms with van der Waals surface area (Å²) in [5, 5.41) is 12.8. The molecule has 1 aliphatic rings. The zero-order valence-electron chi connectivity index (χ0n) is 17.9. The zero-order chi connectivity index (χ0) is 22.9. The Kier molecular flexibility index (Phi) is 5.39. The number of hydrogen-bond acceptors (Lipinski definition) is 6. The highest BCUT2D eigenvalue weighted by Crippen LogP contribution is 2.38. The monoisotopic (exact) mass is 461 g/mol. The van der Waals surface area contributed by atoms with Crippen molar-refractivity contribution >= 4 is 28.9 Å². The first-order chi connectivity index (χ1) is 16.0. The van der Waals surface area contributed by atoms with Gasteiger partial charge in [0, 0.05) is 5.70 Å². The summed E-state index contributed by atoms with van der Waals surface area (Å²) in [6.07, 6.45) is 0. The summed E-state index contributed by atoms with van der Waals surface area (Å²) in [5.74, 6) is 0.939. The van der Waals surface area contributed by atoms with Crippen molar-refractivity contribution in [1.29, 1.82) is 0 Å². The number of anilines is 2. The molecule has 0 radical (unpaired) electrons. The minimum atomic E-state index is -0.599. The van der Waals surface area contributed by atoms with Gasteiger partial charge in [-0.25, -0.2) is 9.07 Å². The number of halogens is 1. The average molecular weight is 462 g/mol. The number of benzene rings is 2. The first-order valence-electron chi connectivity index (χ1n) is 10.2. The highest BCUT2D eigenvalue weighted by Gasteiger charge is 2.34. The van der Waals surface area contributed by atoms with Gasteiger partial charge in [0.05, 0.1) is 23.2 Å². The van der Waals surface area contributed by atoms with E-state index in [0.717, 1.165) is 4.88 Å². The fourth-order valence-electron chi connectivity index (χ4n) is 3.85. The first-order valence-corrected chi connectivity index (χ1v) is 11.1. The normalized spacial score (nSPS) is 15.1. The number of nitrogens with zero attached hydrogens (tertiary/aromatic N) is 3. The minimum absolute atomic E-state index is 0.322. The van der Waals surface area contributed by atoms with Crippen LogP contribution in [0.4, 0.5) is 16.0 Å². The van der Waals surface area contributed by atoms with Crippen molar-refractivity contribution in [1.82, 2.24) is 14.8 Å². The van der Waals surface area contributed by atoms with E-state index in [0.29, 0.717) is 40.0 Å². The Balaban J connectivity index is 1.60. The predicted octanol–water partition coefficient (Wildman–Crippen LogP) is 5.08. The van der Waals surface area contributed by atoms with E-state index in [4.69, 9.17) is 9.84 Å². The van der Waals surface area contributed by atoms with Crippen LogP contribution in [0.3, 0.4) is 0 Å². The molecule has 33 heavy (non-hydrogen) atoms. The molecule has 7 nitrogen and oxygen atoms in total. The summed E-state index contributed by atoms with van der Waals surface area (Å²) in [7, 11) is 1.55. The molecule has 9 heteroatoms. The number of amides is 1. The van der Waals surface area contributed by atoms with E-state index in [2.05, 4.69) is 15.6 Å². The van der Waals surface area contributed by atoms with Crippen molar-refractivity contribution in [2.45, 2.75) is 13.0 Å². The maximum absolute atomic E-state index is 13.7. The second-order valence-electron chi connectivity index (χ2n) is 7.45. The summed E-state index contributed by atoms with van der Waals surface area (Å²) >= 11 is 1.53. The molecule has 166 valence electrons. The molecule has 2 aromatic carbocycles. The Labute approximate surface area is 193 Å². The van der Waals surface area contributed by atoms with E-state index >= 15 is 0 Å². The lowest BCUT2D eigenvalue weighted by molar-refractivity contribution is -0.113. The van der Waals surface area contributed by atoms with E-state index in [1.54, 1.807) is 36.1 Å². The summed E-state index contributed by atoms with van der Waals surface area (Å²) < 4.78 is 20.7. The standard InChI is InChI=1S/C24H20FN5O2S/c1-14-20(23(31)27-17-6-3-4-7-18(17)32-2)21(15-9-11-16(25)12-10-15)30-24(26-14)28-22(29-30)19-8-5-13-33-19/h3-13,21H,1-2H3,(H,27,31)(H,26,28,29)/t21-/m1/s1. The number of ether oxygens (including phenoxy) is 1. The molecular formula is C24H20FN5O2S. The number of fused-ring (bicyclic) bond motifs is 1. The van der Waals surface area contributed by atoms with Crippen molar-refractivity contribution in [3.63, 3.8) is 0 Å². The fourth-order valence-corrected chi connectivity index (χ4v) is 4.50. The number of nitrogens with one attached hydrogen (secondary N) is 2. The van der Waals surface area contributed by atoms with Gasteiger partial charge in [0.1, 0.15) is 17.6 Å². The highest BCUT2D eigenvalue weighted by molar-refractivity contribution is 7.13. The van der Waals surface area contributed by atoms with Crippen LogP contribution < -0.4 is 15.4 Å². The second-order valence-corrected chi connectivity index (χ2v) is 8.40. The minimum Gasteiger partial charge on any atom is -0.495 e. The molecule has 1 amide bonds. The molecule has 0 spiro atoms. The van der Waals surface area contributed by atoms with E-state index in [-0.39, 0.29) is 11.7 Å². The number of rotatable bonds is 5. The van der Waals surface area contributed by atoms with E-state index in [9.17, 15) is 9.18 Å². The number of thiophene rings is 1. The number of carbonyl (C=O) groups is 1. The maximum Gasteiger partial charge on any atom is 0.255 e. The van der Waals surface area contributed by atoms with Crippen LogP contribution in [0.25, 0.3) is 10.7 Å². The average Bonchev–Trinajstić information content (AvgIpc) is 3.49. The molecule has 4 aromatic rings. The van der Waals surface area contributed by atoms with E-state index in [1.807, 2.05) is 36.6 Å². The Hall–Kier alpha value is -3.98. The van der Waals surface area contributed by atoms with E-state index < -0.39 is 6.04 Å². The molecule has 5 rings (SSSR count). The number of para-hydroxylation sites is 2. The lowest BCUT2D eigenvalue weighted by atomic mass is 9.95. The number of hydrogen-bond donors (Lipinski definition) is 2. The summed E-state index contributed by atoms with van der Waals surface area (Å²) in [6.45, 7) is 1.82. The third-order valence-corrected chi connectivity index (χ3v) is 6.25. The maximum atomic E-state index is 13.7. The molecule has 0 bridgehead atoms. The molecule has 0 aliphatic carbocycles.